The fraction of sp³-hybridized carbons (Fsp3) is 0.348. The van der Waals surface area contributed by atoms with E-state index in [9.17, 15) is 9.59 Å². The topological polar surface area (TPSA) is 87.3 Å². The molecule has 0 spiro atoms. The Labute approximate surface area is 176 Å². The van der Waals surface area contributed by atoms with Crippen LogP contribution in [0.4, 0.5) is 4.79 Å². The van der Waals surface area contributed by atoms with Crippen LogP contribution in [0.1, 0.15) is 38.2 Å². The summed E-state index contributed by atoms with van der Waals surface area (Å²) >= 11 is 0. The molecular weight excluding hydrogens is 380 g/mol. The van der Waals surface area contributed by atoms with Gasteiger partial charge in [-0.05, 0) is 30.5 Å². The number of benzene rings is 1. The third-order valence-corrected chi connectivity index (χ3v) is 5.11. The number of H-pyrrole nitrogens is 1. The molecule has 3 rings (SSSR count). The number of ether oxygens (including phenoxy) is 1. The molecule has 0 saturated carbocycles. The van der Waals surface area contributed by atoms with Crippen LogP contribution in [0.5, 0.6) is 0 Å². The molecule has 1 aromatic heterocycles. The van der Waals surface area contributed by atoms with Crippen molar-refractivity contribution in [3.8, 4) is 23.6 Å². The second-order valence-corrected chi connectivity index (χ2v) is 7.69. The van der Waals surface area contributed by atoms with Crippen LogP contribution in [0, 0.1) is 18.3 Å². The van der Waals surface area contributed by atoms with Crippen LogP contribution in [0.3, 0.4) is 0 Å². The Morgan fingerprint density at radius 1 is 1.33 bits per heavy atom. The number of aromatic amines is 1. The lowest BCUT2D eigenvalue weighted by molar-refractivity contribution is -0.135. The van der Waals surface area contributed by atoms with E-state index in [4.69, 9.17) is 6.42 Å². The Bertz CT molecular complexity index is 998. The number of carbonyl (C=O) groups is 2. The van der Waals surface area contributed by atoms with E-state index in [2.05, 4.69) is 25.9 Å². The van der Waals surface area contributed by atoms with Gasteiger partial charge in [0.05, 0.1) is 19.0 Å². The summed E-state index contributed by atoms with van der Waals surface area (Å²) in [6.07, 6.45) is 8.55. The minimum Gasteiger partial charge on any atom is -0.453 e. The molecule has 2 atom stereocenters. The van der Waals surface area contributed by atoms with Gasteiger partial charge in [0.1, 0.15) is 17.9 Å². The second kappa shape index (κ2) is 8.87. The summed E-state index contributed by atoms with van der Waals surface area (Å²) < 4.78 is 4.68. The van der Waals surface area contributed by atoms with Crippen LogP contribution in [0.2, 0.25) is 0 Å². The van der Waals surface area contributed by atoms with E-state index in [0.717, 1.165) is 22.4 Å². The number of hydrogen-bond acceptors (Lipinski definition) is 4. The molecule has 7 heteroatoms. The van der Waals surface area contributed by atoms with Crippen molar-refractivity contribution in [3.05, 3.63) is 53.5 Å². The minimum atomic E-state index is -0.690. The van der Waals surface area contributed by atoms with Gasteiger partial charge in [0.25, 0.3) is 0 Å². The molecule has 2 heterocycles. The maximum atomic E-state index is 13.3. The molecule has 2 amide bonds. The Hall–Kier alpha value is -3.53. The van der Waals surface area contributed by atoms with Crippen LogP contribution in [-0.2, 0) is 9.53 Å². The summed E-state index contributed by atoms with van der Waals surface area (Å²) in [6.45, 7) is 6.21. The van der Waals surface area contributed by atoms with Crippen LogP contribution in [0.25, 0.3) is 11.3 Å². The third kappa shape index (κ3) is 4.38. The molecule has 0 saturated heterocycles. The van der Waals surface area contributed by atoms with E-state index in [1.807, 2.05) is 51.1 Å². The number of nitrogens with zero attached hydrogens (tertiary/aromatic N) is 2. The van der Waals surface area contributed by atoms with Gasteiger partial charge in [-0.1, -0.05) is 43.5 Å². The maximum absolute atomic E-state index is 13.3. The number of rotatable bonds is 5. The van der Waals surface area contributed by atoms with Gasteiger partial charge in [0.2, 0.25) is 5.91 Å². The monoisotopic (exact) mass is 406 g/mol. The van der Waals surface area contributed by atoms with E-state index >= 15 is 0 Å². The second-order valence-electron chi connectivity index (χ2n) is 7.69. The standard InChI is InChI=1S/C23H26N4O3/c1-6-16-7-9-17(10-8-16)18-12-24-21(25-18)19-11-15(4)13-27(19)22(28)20(14(2)3)26-23(29)30-5/h1,7-12,14,19-20H,13H2,2-5H3,(H,24,25)(H,26,29)/t19-,20-/m0/s1. The zero-order chi connectivity index (χ0) is 21.8. The lowest BCUT2D eigenvalue weighted by Gasteiger charge is -2.30. The fourth-order valence-electron chi connectivity index (χ4n) is 3.48. The molecule has 0 bridgehead atoms. The highest BCUT2D eigenvalue weighted by Crippen LogP contribution is 2.31. The van der Waals surface area contributed by atoms with E-state index in [1.165, 1.54) is 7.11 Å². The van der Waals surface area contributed by atoms with Crippen LogP contribution in [-0.4, -0.2) is 46.6 Å². The third-order valence-electron chi connectivity index (χ3n) is 5.11. The average Bonchev–Trinajstić information content (AvgIpc) is 3.38. The first-order valence-corrected chi connectivity index (χ1v) is 9.78. The van der Waals surface area contributed by atoms with E-state index in [1.54, 1.807) is 11.1 Å². The number of carbonyl (C=O) groups excluding carboxylic acids is 2. The van der Waals surface area contributed by atoms with Gasteiger partial charge in [-0.3, -0.25) is 4.79 Å². The highest BCUT2D eigenvalue weighted by molar-refractivity contribution is 5.87. The molecule has 7 nitrogen and oxygen atoms in total. The van der Waals surface area contributed by atoms with Crippen LogP contribution >= 0.6 is 0 Å². The minimum absolute atomic E-state index is 0.0972. The van der Waals surface area contributed by atoms with Crippen LogP contribution < -0.4 is 5.32 Å². The number of imidazole rings is 1. The molecule has 1 aliphatic heterocycles. The van der Waals surface area contributed by atoms with Gasteiger partial charge in [0.15, 0.2) is 0 Å². The van der Waals surface area contributed by atoms with Gasteiger partial charge < -0.3 is 19.9 Å². The number of alkyl carbamates (subject to hydrolysis) is 1. The summed E-state index contributed by atoms with van der Waals surface area (Å²) in [5, 5.41) is 2.65. The predicted molar refractivity (Wildman–Crippen MR) is 114 cm³/mol. The van der Waals surface area contributed by atoms with Crippen molar-refractivity contribution in [2.24, 2.45) is 5.92 Å². The molecular formula is C23H26N4O3. The number of aromatic nitrogens is 2. The predicted octanol–water partition coefficient (Wildman–Crippen LogP) is 3.27. The zero-order valence-electron chi connectivity index (χ0n) is 17.6. The maximum Gasteiger partial charge on any atom is 0.407 e. The van der Waals surface area contributed by atoms with E-state index in [-0.39, 0.29) is 17.9 Å². The lowest BCUT2D eigenvalue weighted by Crippen LogP contribution is -2.51. The highest BCUT2D eigenvalue weighted by atomic mass is 16.5. The average molecular weight is 406 g/mol. The first-order valence-electron chi connectivity index (χ1n) is 9.78. The Morgan fingerprint density at radius 3 is 2.63 bits per heavy atom. The van der Waals surface area contributed by atoms with Crippen molar-refractivity contribution in [1.29, 1.82) is 0 Å². The van der Waals surface area contributed by atoms with E-state index < -0.39 is 12.1 Å². The summed E-state index contributed by atoms with van der Waals surface area (Å²) in [7, 11) is 1.28. The smallest absolute Gasteiger partial charge is 0.407 e. The van der Waals surface area contributed by atoms with Crippen molar-refractivity contribution >= 4 is 12.0 Å². The fourth-order valence-corrected chi connectivity index (χ4v) is 3.48. The Morgan fingerprint density at radius 2 is 2.03 bits per heavy atom. The summed E-state index contributed by atoms with van der Waals surface area (Å²) in [5.41, 5.74) is 3.66. The van der Waals surface area contributed by atoms with Crippen molar-refractivity contribution < 1.29 is 14.3 Å². The van der Waals surface area contributed by atoms with E-state index in [0.29, 0.717) is 12.4 Å². The highest BCUT2D eigenvalue weighted by Gasteiger charge is 2.36. The first kappa shape index (κ1) is 21.2. The summed E-state index contributed by atoms with van der Waals surface area (Å²) in [5.74, 6) is 2.99. The Balaban J connectivity index is 1.85. The van der Waals surface area contributed by atoms with Crippen molar-refractivity contribution in [3.63, 3.8) is 0 Å². The number of hydrogen-bond donors (Lipinski definition) is 2. The van der Waals surface area contributed by atoms with Gasteiger partial charge in [0, 0.05) is 12.1 Å². The van der Waals surface area contributed by atoms with Gasteiger partial charge in [-0.15, -0.1) is 6.42 Å². The SMILES string of the molecule is C#Cc1ccc(-c2cnc([C@@H]3C=C(C)CN3C(=O)[C@@H](NC(=O)OC)C(C)C)[nH]2)cc1. The molecule has 30 heavy (non-hydrogen) atoms. The largest absolute Gasteiger partial charge is 0.453 e. The molecule has 1 aromatic carbocycles. The molecule has 0 aliphatic carbocycles. The lowest BCUT2D eigenvalue weighted by atomic mass is 10.0. The number of methoxy groups -OCH3 is 1. The zero-order valence-corrected chi connectivity index (χ0v) is 17.6. The first-order chi connectivity index (χ1) is 14.3. The van der Waals surface area contributed by atoms with Crippen LogP contribution in [0.15, 0.2) is 42.1 Å². The molecule has 0 radical (unpaired) electrons. The van der Waals surface area contributed by atoms with Gasteiger partial charge in [-0.25, -0.2) is 9.78 Å². The number of terminal acetylenes is 1. The Kier molecular flexibility index (Phi) is 6.26. The van der Waals surface area contributed by atoms with Gasteiger partial charge >= 0.3 is 6.09 Å². The number of amides is 2. The normalized spacial score (nSPS) is 16.7. The molecule has 2 aromatic rings. The van der Waals surface area contributed by atoms with Gasteiger partial charge in [-0.2, -0.15) is 0 Å². The molecule has 0 unspecified atom stereocenters. The molecule has 2 N–H and O–H groups in total. The van der Waals surface area contributed by atoms with Crippen molar-refractivity contribution in [1.82, 2.24) is 20.2 Å². The molecule has 1 aliphatic rings. The van der Waals surface area contributed by atoms with Crippen molar-refractivity contribution in [2.75, 3.05) is 13.7 Å². The van der Waals surface area contributed by atoms with Crippen molar-refractivity contribution in [2.45, 2.75) is 32.9 Å². The summed E-state index contributed by atoms with van der Waals surface area (Å²) in [6, 6.07) is 6.58. The molecule has 156 valence electrons. The number of nitrogens with one attached hydrogen (secondary N) is 2. The molecule has 0 fully saturated rings. The quantitative estimate of drug-likeness (QED) is 0.589. The summed E-state index contributed by atoms with van der Waals surface area (Å²) in [4.78, 5) is 34.6.